The predicted molar refractivity (Wildman–Crippen MR) is 160 cm³/mol. The molecular weight excluding hydrogens is 573 g/mol. The number of hydrogen-bond donors (Lipinski definition) is 1. The van der Waals surface area contributed by atoms with Crippen LogP contribution in [0.5, 0.6) is 5.75 Å². The van der Waals surface area contributed by atoms with Crippen LogP contribution in [0.2, 0.25) is 5.02 Å². The van der Waals surface area contributed by atoms with E-state index in [2.05, 4.69) is 27.3 Å². The molecule has 3 aromatic carbocycles. The molecule has 0 bridgehead atoms. The summed E-state index contributed by atoms with van der Waals surface area (Å²) in [6, 6.07) is 18.3. The summed E-state index contributed by atoms with van der Waals surface area (Å²) in [4.78, 5) is 32.5. The molecule has 0 spiro atoms. The molecule has 1 saturated heterocycles. The van der Waals surface area contributed by atoms with E-state index in [-0.39, 0.29) is 30.8 Å². The smallest absolute Gasteiger partial charge is 0.329 e. The Hall–Kier alpha value is -4.25. The maximum atomic E-state index is 14.1. The van der Waals surface area contributed by atoms with Crippen molar-refractivity contribution in [3.05, 3.63) is 100.0 Å². The van der Waals surface area contributed by atoms with Crippen molar-refractivity contribution in [2.45, 2.75) is 32.2 Å². The number of benzene rings is 3. The van der Waals surface area contributed by atoms with E-state index in [9.17, 15) is 14.0 Å². The summed E-state index contributed by atoms with van der Waals surface area (Å²) in [5, 5.41) is 2.71. The second-order valence-electron chi connectivity index (χ2n) is 10.7. The van der Waals surface area contributed by atoms with Gasteiger partial charge in [0.1, 0.15) is 29.8 Å². The van der Waals surface area contributed by atoms with E-state index < -0.39 is 6.03 Å². The van der Waals surface area contributed by atoms with Gasteiger partial charge in [-0.2, -0.15) is 0 Å². The molecule has 3 heterocycles. The zero-order valence-electron chi connectivity index (χ0n) is 23.8. The van der Waals surface area contributed by atoms with Gasteiger partial charge < -0.3 is 14.0 Å². The van der Waals surface area contributed by atoms with Crippen molar-refractivity contribution in [1.29, 1.82) is 0 Å². The van der Waals surface area contributed by atoms with Crippen LogP contribution in [-0.4, -0.2) is 46.7 Å². The quantitative estimate of drug-likeness (QED) is 0.268. The fourth-order valence-electron chi connectivity index (χ4n) is 5.69. The van der Waals surface area contributed by atoms with Gasteiger partial charge in [-0.1, -0.05) is 41.9 Å². The van der Waals surface area contributed by atoms with Gasteiger partial charge in [0.15, 0.2) is 0 Å². The van der Waals surface area contributed by atoms with Crippen LogP contribution in [0, 0.1) is 5.82 Å². The third kappa shape index (κ3) is 5.86. The van der Waals surface area contributed by atoms with E-state index in [1.807, 2.05) is 41.9 Å². The molecule has 3 amide bonds. The highest BCUT2D eigenvalue weighted by atomic mass is 35.5. The van der Waals surface area contributed by atoms with E-state index in [4.69, 9.17) is 21.1 Å². The first kappa shape index (κ1) is 28.9. The Morgan fingerprint density at radius 1 is 1.12 bits per heavy atom. The molecule has 0 aliphatic carbocycles. The van der Waals surface area contributed by atoms with E-state index in [1.165, 1.54) is 22.1 Å². The molecule has 222 valence electrons. The molecule has 1 unspecified atom stereocenters. The highest BCUT2D eigenvalue weighted by Crippen LogP contribution is 2.38. The average Bonchev–Trinajstić information content (AvgIpc) is 3.53. The Bertz CT molecular complexity index is 1650. The number of ether oxygens (including phenoxy) is 2. The summed E-state index contributed by atoms with van der Waals surface area (Å²) in [7, 11) is 3.57. The number of nitrogens with one attached hydrogen (secondary N) is 1. The molecule has 0 saturated carbocycles. The lowest BCUT2D eigenvalue weighted by atomic mass is 10.0. The second kappa shape index (κ2) is 12.2. The molecule has 1 fully saturated rings. The van der Waals surface area contributed by atoms with Gasteiger partial charge in [0.25, 0.3) is 0 Å². The fraction of sp³-hybridized carbons (Fsp3) is 0.281. The molecule has 2 aliphatic heterocycles. The molecule has 1 atom stereocenters. The van der Waals surface area contributed by atoms with Crippen LogP contribution in [0.15, 0.2) is 66.9 Å². The monoisotopic (exact) mass is 603 g/mol. The minimum Gasteiger partial charge on any atom is -0.489 e. The molecule has 6 rings (SSSR count). The number of methoxy groups -OCH3 is 1. The molecule has 1 aromatic heterocycles. The summed E-state index contributed by atoms with van der Waals surface area (Å²) in [5.41, 5.74) is 4.76. The first-order valence-corrected chi connectivity index (χ1v) is 14.3. The molecular formula is C32H31ClFN5O4. The summed E-state index contributed by atoms with van der Waals surface area (Å²) in [6.07, 6.45) is 1.91. The number of fused-ring (bicyclic) bond motifs is 1. The minimum atomic E-state index is -0.440. The fourth-order valence-corrected chi connectivity index (χ4v) is 5.90. The predicted octanol–water partition coefficient (Wildman–Crippen LogP) is 5.61. The van der Waals surface area contributed by atoms with Crippen molar-refractivity contribution in [3.63, 3.8) is 0 Å². The van der Waals surface area contributed by atoms with Crippen LogP contribution in [0.3, 0.4) is 0 Å². The van der Waals surface area contributed by atoms with E-state index in [1.54, 1.807) is 25.4 Å². The van der Waals surface area contributed by atoms with Gasteiger partial charge in [0.2, 0.25) is 5.91 Å². The van der Waals surface area contributed by atoms with Crippen molar-refractivity contribution in [2.75, 3.05) is 25.2 Å². The number of nitrogens with zero attached hydrogens (tertiary/aromatic N) is 4. The highest BCUT2D eigenvalue weighted by molar-refractivity contribution is 6.31. The molecule has 2 aliphatic rings. The third-order valence-corrected chi connectivity index (χ3v) is 8.30. The summed E-state index contributed by atoms with van der Waals surface area (Å²) >= 11 is 6.12. The van der Waals surface area contributed by atoms with Crippen molar-refractivity contribution >= 4 is 29.4 Å². The number of carbonyl (C=O) groups is 2. The van der Waals surface area contributed by atoms with E-state index in [0.29, 0.717) is 41.8 Å². The molecule has 1 N–H and O–H groups in total. The van der Waals surface area contributed by atoms with Crippen molar-refractivity contribution in [1.82, 2.24) is 19.8 Å². The van der Waals surface area contributed by atoms with Crippen LogP contribution in [0.4, 0.5) is 15.0 Å². The molecule has 43 heavy (non-hydrogen) atoms. The summed E-state index contributed by atoms with van der Waals surface area (Å²) in [5.74, 6) is 1.32. The number of imidazole rings is 1. The number of amides is 3. The topological polar surface area (TPSA) is 88.9 Å². The number of halogens is 2. The van der Waals surface area contributed by atoms with Gasteiger partial charge >= 0.3 is 6.03 Å². The Kier molecular flexibility index (Phi) is 8.16. The number of aromatic nitrogens is 2. The third-order valence-electron chi connectivity index (χ3n) is 7.95. The molecule has 11 heteroatoms. The van der Waals surface area contributed by atoms with E-state index >= 15 is 0 Å². The SMILES string of the molecule is COCC1c2cc(-c3ncc(N4CCC(=O)NC4=O)n3C)ccc2CN1Cc1ccc(OCc2c(F)cccc2Cl)cc1. The lowest BCUT2D eigenvalue weighted by Crippen LogP contribution is -2.50. The van der Waals surface area contributed by atoms with Crippen LogP contribution < -0.4 is 15.0 Å². The maximum absolute atomic E-state index is 14.1. The van der Waals surface area contributed by atoms with Crippen LogP contribution in [0.1, 0.15) is 34.7 Å². The number of carbonyl (C=O) groups excluding carboxylic acids is 2. The van der Waals surface area contributed by atoms with Gasteiger partial charge in [-0.15, -0.1) is 0 Å². The maximum Gasteiger partial charge on any atom is 0.329 e. The molecule has 0 radical (unpaired) electrons. The van der Waals surface area contributed by atoms with Crippen molar-refractivity contribution in [2.24, 2.45) is 7.05 Å². The zero-order chi connectivity index (χ0) is 30.1. The van der Waals surface area contributed by atoms with Crippen LogP contribution in [-0.2, 0) is 36.3 Å². The molecule has 9 nitrogen and oxygen atoms in total. The first-order valence-electron chi connectivity index (χ1n) is 14.0. The number of imide groups is 1. The van der Waals surface area contributed by atoms with Gasteiger partial charge in [-0.3, -0.25) is 19.9 Å². The normalized spacial score (nSPS) is 16.8. The number of urea groups is 1. The zero-order valence-corrected chi connectivity index (χ0v) is 24.6. The van der Waals surface area contributed by atoms with Gasteiger partial charge in [0, 0.05) is 51.3 Å². The Labute approximate surface area is 253 Å². The number of hydrogen-bond acceptors (Lipinski definition) is 6. The van der Waals surface area contributed by atoms with Crippen LogP contribution in [0.25, 0.3) is 11.4 Å². The molecule has 4 aromatic rings. The van der Waals surface area contributed by atoms with Crippen LogP contribution >= 0.6 is 11.6 Å². The van der Waals surface area contributed by atoms with Gasteiger partial charge in [0.05, 0.1) is 23.9 Å². The lowest BCUT2D eigenvalue weighted by molar-refractivity contribution is -0.120. The summed E-state index contributed by atoms with van der Waals surface area (Å²) < 4.78 is 27.4. The standard InChI is InChI=1S/C32H31ClFN5O4/c1-37-30(39-13-12-29(40)36-32(39)41)15-35-31(37)21-8-9-22-17-38(28(19-42-2)24(22)14-21)16-20-6-10-23(11-7-20)43-18-25-26(33)4-3-5-27(25)34/h3-11,14-15,28H,12-13,16-19H2,1-2H3,(H,36,40,41). The largest absolute Gasteiger partial charge is 0.489 e. The van der Waals surface area contributed by atoms with Gasteiger partial charge in [-0.25, -0.2) is 14.2 Å². The van der Waals surface area contributed by atoms with Crippen molar-refractivity contribution in [3.8, 4) is 17.1 Å². The van der Waals surface area contributed by atoms with Crippen molar-refractivity contribution < 1.29 is 23.5 Å². The summed E-state index contributed by atoms with van der Waals surface area (Å²) in [6.45, 7) is 2.35. The van der Waals surface area contributed by atoms with Gasteiger partial charge in [-0.05, 0) is 47.0 Å². The minimum absolute atomic E-state index is 0.0395. The second-order valence-corrected chi connectivity index (χ2v) is 11.1. The number of rotatable bonds is 9. The number of anilines is 1. The Morgan fingerprint density at radius 2 is 1.93 bits per heavy atom. The average molecular weight is 604 g/mol. The first-order chi connectivity index (χ1) is 20.8. The highest BCUT2D eigenvalue weighted by Gasteiger charge is 2.32. The Balaban J connectivity index is 1.16. The van der Waals surface area contributed by atoms with E-state index in [0.717, 1.165) is 23.5 Å². The Morgan fingerprint density at radius 3 is 2.67 bits per heavy atom. The lowest BCUT2D eigenvalue weighted by Gasteiger charge is -2.26.